The van der Waals surface area contributed by atoms with Crippen molar-refractivity contribution < 1.29 is 14.3 Å². The second-order valence-electron chi connectivity index (χ2n) is 8.48. The van der Waals surface area contributed by atoms with Crippen LogP contribution in [-0.2, 0) is 24.2 Å². The number of ether oxygens (including phenoxy) is 2. The second kappa shape index (κ2) is 10.9. The molecular weight excluding hydrogens is 440 g/mol. The van der Waals surface area contributed by atoms with Gasteiger partial charge in [-0.05, 0) is 80.1 Å². The first-order chi connectivity index (χ1) is 17.0. The molecule has 4 aromatic rings. The summed E-state index contributed by atoms with van der Waals surface area (Å²) < 4.78 is 12.4. The van der Waals surface area contributed by atoms with E-state index in [-0.39, 0.29) is 18.0 Å². The number of carbonyl (C=O) groups is 1. The van der Waals surface area contributed by atoms with Gasteiger partial charge in [-0.25, -0.2) is 0 Å². The van der Waals surface area contributed by atoms with E-state index in [1.54, 1.807) is 37.4 Å². The van der Waals surface area contributed by atoms with E-state index in [9.17, 15) is 9.59 Å². The van der Waals surface area contributed by atoms with Crippen molar-refractivity contribution in [1.29, 1.82) is 0 Å². The molecule has 1 N–H and O–H groups in total. The SMILES string of the molecule is CCOc1ccc(NC(=O)Cn2c(=O)c(CCc3ccc(C)cc3)cc3ccc(OC)cc32)cc1. The van der Waals surface area contributed by atoms with Gasteiger partial charge in [0.15, 0.2) is 0 Å². The number of aromatic nitrogens is 1. The molecule has 6 nitrogen and oxygen atoms in total. The average molecular weight is 471 g/mol. The van der Waals surface area contributed by atoms with Gasteiger partial charge in [0.25, 0.3) is 5.56 Å². The number of hydrogen-bond acceptors (Lipinski definition) is 4. The molecule has 0 aliphatic heterocycles. The Balaban J connectivity index is 1.61. The quantitative estimate of drug-likeness (QED) is 0.368. The maximum Gasteiger partial charge on any atom is 0.254 e. The monoisotopic (exact) mass is 470 g/mol. The van der Waals surface area contributed by atoms with Crippen LogP contribution in [0.4, 0.5) is 5.69 Å². The summed E-state index contributed by atoms with van der Waals surface area (Å²) >= 11 is 0. The Labute approximate surface area is 205 Å². The molecule has 0 unspecified atom stereocenters. The number of benzene rings is 3. The minimum atomic E-state index is -0.281. The normalized spacial score (nSPS) is 10.8. The number of carbonyl (C=O) groups excluding carboxylic acids is 1. The van der Waals surface area contributed by atoms with Gasteiger partial charge in [-0.3, -0.25) is 14.2 Å². The van der Waals surface area contributed by atoms with Crippen LogP contribution in [0.25, 0.3) is 10.9 Å². The van der Waals surface area contributed by atoms with Crippen LogP contribution in [0.15, 0.2) is 77.6 Å². The van der Waals surface area contributed by atoms with Gasteiger partial charge in [0.05, 0.1) is 19.2 Å². The van der Waals surface area contributed by atoms with Crippen LogP contribution in [0.1, 0.15) is 23.6 Å². The number of pyridine rings is 1. The fourth-order valence-electron chi connectivity index (χ4n) is 4.05. The predicted octanol–water partition coefficient (Wildman–Crippen LogP) is 5.14. The van der Waals surface area contributed by atoms with E-state index in [2.05, 4.69) is 36.5 Å². The maximum atomic E-state index is 13.5. The third kappa shape index (κ3) is 5.90. The Morgan fingerprint density at radius 1 is 0.914 bits per heavy atom. The summed E-state index contributed by atoms with van der Waals surface area (Å²) in [5.41, 5.74) is 4.19. The average Bonchev–Trinajstić information content (AvgIpc) is 2.87. The zero-order valence-corrected chi connectivity index (χ0v) is 20.3. The number of aryl methyl sites for hydroxylation is 3. The largest absolute Gasteiger partial charge is 0.497 e. The van der Waals surface area contributed by atoms with Crippen molar-refractivity contribution in [3.05, 3.63) is 99.8 Å². The van der Waals surface area contributed by atoms with Gasteiger partial charge < -0.3 is 14.8 Å². The van der Waals surface area contributed by atoms with Crippen LogP contribution in [0.2, 0.25) is 0 Å². The van der Waals surface area contributed by atoms with Gasteiger partial charge in [0, 0.05) is 17.3 Å². The predicted molar refractivity (Wildman–Crippen MR) is 140 cm³/mol. The van der Waals surface area contributed by atoms with Crippen molar-refractivity contribution in [3.8, 4) is 11.5 Å². The lowest BCUT2D eigenvalue weighted by Crippen LogP contribution is -2.30. The number of methoxy groups -OCH3 is 1. The molecule has 0 bridgehead atoms. The number of nitrogens with zero attached hydrogens (tertiary/aromatic N) is 1. The van der Waals surface area contributed by atoms with Gasteiger partial charge in [-0.1, -0.05) is 29.8 Å². The smallest absolute Gasteiger partial charge is 0.254 e. The summed E-state index contributed by atoms with van der Waals surface area (Å²) in [7, 11) is 1.58. The van der Waals surface area contributed by atoms with E-state index in [1.165, 1.54) is 15.7 Å². The molecule has 0 spiro atoms. The van der Waals surface area contributed by atoms with Gasteiger partial charge in [-0.15, -0.1) is 0 Å². The fourth-order valence-corrected chi connectivity index (χ4v) is 4.05. The summed E-state index contributed by atoms with van der Waals surface area (Å²) in [6.45, 7) is 4.44. The molecule has 0 aliphatic rings. The lowest BCUT2D eigenvalue weighted by atomic mass is 10.0. The zero-order valence-electron chi connectivity index (χ0n) is 20.3. The molecule has 4 rings (SSSR count). The fraction of sp³-hybridized carbons (Fsp3) is 0.241. The minimum Gasteiger partial charge on any atom is -0.497 e. The highest BCUT2D eigenvalue weighted by Crippen LogP contribution is 2.22. The highest BCUT2D eigenvalue weighted by Gasteiger charge is 2.14. The Hall–Kier alpha value is -4.06. The summed E-state index contributed by atoms with van der Waals surface area (Å²) in [5.74, 6) is 1.09. The Morgan fingerprint density at radius 2 is 1.63 bits per heavy atom. The first-order valence-electron chi connectivity index (χ1n) is 11.8. The Morgan fingerprint density at radius 3 is 2.31 bits per heavy atom. The standard InChI is InChI=1S/C29H30N2O4/c1-4-35-25-15-12-24(13-16-25)30-28(32)19-31-27-18-26(34-3)14-11-22(27)17-23(29(31)33)10-9-21-7-5-20(2)6-8-21/h5-8,11-18H,4,9-10,19H2,1-3H3,(H,30,32). The van der Waals surface area contributed by atoms with Crippen LogP contribution in [0, 0.1) is 6.92 Å². The molecule has 0 atom stereocenters. The highest BCUT2D eigenvalue weighted by atomic mass is 16.5. The van der Waals surface area contributed by atoms with Gasteiger partial charge >= 0.3 is 0 Å². The van der Waals surface area contributed by atoms with Crippen LogP contribution in [-0.4, -0.2) is 24.2 Å². The molecule has 0 saturated heterocycles. The molecule has 0 fully saturated rings. The van der Waals surface area contributed by atoms with Crippen molar-refractivity contribution in [2.75, 3.05) is 19.0 Å². The second-order valence-corrected chi connectivity index (χ2v) is 8.48. The van der Waals surface area contributed by atoms with E-state index < -0.39 is 0 Å². The number of hydrogen-bond donors (Lipinski definition) is 1. The highest BCUT2D eigenvalue weighted by molar-refractivity contribution is 5.92. The van der Waals surface area contributed by atoms with E-state index >= 15 is 0 Å². The molecule has 0 saturated carbocycles. The van der Waals surface area contributed by atoms with Crippen LogP contribution < -0.4 is 20.3 Å². The number of amides is 1. The zero-order chi connectivity index (χ0) is 24.8. The van der Waals surface area contributed by atoms with Crippen molar-refractivity contribution >= 4 is 22.5 Å². The third-order valence-corrected chi connectivity index (χ3v) is 5.93. The van der Waals surface area contributed by atoms with E-state index in [0.717, 1.165) is 17.6 Å². The molecule has 1 amide bonds. The van der Waals surface area contributed by atoms with E-state index in [0.29, 0.717) is 35.5 Å². The van der Waals surface area contributed by atoms with Gasteiger partial charge in [0.1, 0.15) is 18.0 Å². The first kappa shape index (κ1) is 24.1. The molecule has 1 heterocycles. The third-order valence-electron chi connectivity index (χ3n) is 5.93. The number of fused-ring (bicyclic) bond motifs is 1. The van der Waals surface area contributed by atoms with Crippen molar-refractivity contribution in [2.45, 2.75) is 33.2 Å². The molecule has 180 valence electrons. The molecule has 3 aromatic carbocycles. The van der Waals surface area contributed by atoms with Crippen LogP contribution in [0.5, 0.6) is 11.5 Å². The van der Waals surface area contributed by atoms with Crippen molar-refractivity contribution in [1.82, 2.24) is 4.57 Å². The maximum absolute atomic E-state index is 13.5. The summed E-state index contributed by atoms with van der Waals surface area (Å²) in [5, 5.41) is 3.76. The summed E-state index contributed by atoms with van der Waals surface area (Å²) in [6.07, 6.45) is 1.33. The minimum absolute atomic E-state index is 0.103. The lowest BCUT2D eigenvalue weighted by molar-refractivity contribution is -0.116. The lowest BCUT2D eigenvalue weighted by Gasteiger charge is -2.14. The first-order valence-corrected chi connectivity index (χ1v) is 11.8. The van der Waals surface area contributed by atoms with E-state index in [4.69, 9.17) is 9.47 Å². The van der Waals surface area contributed by atoms with Crippen LogP contribution in [0.3, 0.4) is 0 Å². The number of nitrogens with one attached hydrogen (secondary N) is 1. The summed E-state index contributed by atoms with van der Waals surface area (Å²) in [6, 6.07) is 23.0. The van der Waals surface area contributed by atoms with Crippen molar-refractivity contribution in [2.24, 2.45) is 0 Å². The molecule has 0 aliphatic carbocycles. The van der Waals surface area contributed by atoms with Gasteiger partial charge in [-0.2, -0.15) is 0 Å². The molecule has 35 heavy (non-hydrogen) atoms. The number of rotatable bonds is 9. The molecule has 6 heteroatoms. The Bertz CT molecular complexity index is 1370. The van der Waals surface area contributed by atoms with E-state index in [1.807, 2.05) is 25.1 Å². The topological polar surface area (TPSA) is 69.6 Å². The van der Waals surface area contributed by atoms with Crippen molar-refractivity contribution in [3.63, 3.8) is 0 Å². The number of anilines is 1. The Kier molecular flexibility index (Phi) is 7.51. The molecule has 1 aromatic heterocycles. The van der Waals surface area contributed by atoms with Gasteiger partial charge in [0.2, 0.25) is 5.91 Å². The summed E-state index contributed by atoms with van der Waals surface area (Å²) in [4.78, 5) is 26.4. The van der Waals surface area contributed by atoms with Crippen LogP contribution >= 0.6 is 0 Å². The molecular formula is C29H30N2O4. The molecule has 0 radical (unpaired) electrons.